The minimum absolute atomic E-state index is 0.0935. The molecule has 0 unspecified atom stereocenters. The van der Waals surface area contributed by atoms with E-state index in [1.165, 1.54) is 5.57 Å². The van der Waals surface area contributed by atoms with Crippen LogP contribution in [0.15, 0.2) is 11.6 Å². The van der Waals surface area contributed by atoms with Gasteiger partial charge in [-0.05, 0) is 20.3 Å². The van der Waals surface area contributed by atoms with Crippen molar-refractivity contribution in [2.24, 2.45) is 17.8 Å². The Morgan fingerprint density at radius 3 is 2.95 bits per heavy atom. The third-order valence-corrected chi connectivity index (χ3v) is 5.93. The van der Waals surface area contributed by atoms with Crippen LogP contribution < -0.4 is 0 Å². The van der Waals surface area contributed by atoms with Crippen LogP contribution in [-0.2, 0) is 14.3 Å². The lowest BCUT2D eigenvalue weighted by molar-refractivity contribution is -0.145. The molecular weight excluding hydrogens is 244 g/mol. The van der Waals surface area contributed by atoms with Crippen molar-refractivity contribution in [3.8, 4) is 0 Å². The Balaban J connectivity index is 1.82. The molecule has 2 saturated heterocycles. The number of hydrogen-bond acceptors (Lipinski definition) is 4. The smallest absolute Gasteiger partial charge is 0.309 e. The highest BCUT2D eigenvalue weighted by atomic mass is 16.6. The molecule has 2 heterocycles. The van der Waals surface area contributed by atoms with Gasteiger partial charge in [-0.15, -0.1) is 0 Å². The third-order valence-electron chi connectivity index (χ3n) is 5.93. The quantitative estimate of drug-likeness (QED) is 0.408. The number of carbonyl (C=O) groups excluding carboxylic acids is 1. The van der Waals surface area contributed by atoms with Gasteiger partial charge >= 0.3 is 5.97 Å². The Hall–Kier alpha value is -0.870. The normalized spacial score (nSPS) is 58.6. The molecule has 4 heteroatoms. The summed E-state index contributed by atoms with van der Waals surface area (Å²) in [5.41, 5.74) is 0.749. The van der Waals surface area contributed by atoms with Crippen molar-refractivity contribution in [3.05, 3.63) is 11.6 Å². The highest BCUT2D eigenvalue weighted by molar-refractivity contribution is 5.75. The maximum Gasteiger partial charge on any atom is 0.309 e. The van der Waals surface area contributed by atoms with Crippen molar-refractivity contribution in [2.45, 2.75) is 57.0 Å². The van der Waals surface area contributed by atoms with E-state index in [1.807, 2.05) is 6.92 Å². The number of carbonyl (C=O) groups is 1. The molecule has 4 rings (SSSR count). The van der Waals surface area contributed by atoms with E-state index in [0.29, 0.717) is 6.42 Å². The molecule has 2 aliphatic carbocycles. The number of epoxide rings is 1. The first kappa shape index (κ1) is 11.9. The predicted octanol–water partition coefficient (Wildman–Crippen LogP) is 1.42. The van der Waals surface area contributed by atoms with E-state index in [2.05, 4.69) is 19.9 Å². The van der Waals surface area contributed by atoms with Crippen LogP contribution in [0.25, 0.3) is 0 Å². The van der Waals surface area contributed by atoms with Crippen LogP contribution in [0, 0.1) is 17.8 Å². The first-order chi connectivity index (χ1) is 8.90. The molecule has 4 nitrogen and oxygen atoms in total. The molecule has 1 N–H and O–H groups in total. The van der Waals surface area contributed by atoms with Gasteiger partial charge in [0.25, 0.3) is 0 Å². The van der Waals surface area contributed by atoms with E-state index in [-0.39, 0.29) is 41.0 Å². The van der Waals surface area contributed by atoms with Crippen molar-refractivity contribution in [1.29, 1.82) is 0 Å². The van der Waals surface area contributed by atoms with Gasteiger partial charge in [0.15, 0.2) is 0 Å². The highest BCUT2D eigenvalue weighted by Gasteiger charge is 2.77. The Kier molecular flexibility index (Phi) is 2.03. The van der Waals surface area contributed by atoms with Crippen molar-refractivity contribution >= 4 is 5.97 Å². The first-order valence-electron chi connectivity index (χ1n) is 7.15. The second kappa shape index (κ2) is 3.23. The summed E-state index contributed by atoms with van der Waals surface area (Å²) < 4.78 is 11.7. The van der Waals surface area contributed by atoms with E-state index in [1.54, 1.807) is 0 Å². The highest BCUT2D eigenvalue weighted by Crippen LogP contribution is 2.67. The lowest BCUT2D eigenvalue weighted by Gasteiger charge is -2.29. The fourth-order valence-electron chi connectivity index (χ4n) is 4.84. The van der Waals surface area contributed by atoms with Crippen LogP contribution in [0.1, 0.15) is 33.6 Å². The molecule has 0 aromatic rings. The number of hydrogen-bond donors (Lipinski definition) is 1. The molecule has 0 radical (unpaired) electrons. The van der Waals surface area contributed by atoms with E-state index < -0.39 is 6.10 Å². The van der Waals surface area contributed by atoms with Crippen LogP contribution in [-0.4, -0.2) is 34.5 Å². The van der Waals surface area contributed by atoms with Gasteiger partial charge in [0, 0.05) is 18.3 Å². The number of aliphatic hydroxyl groups is 1. The number of fused-ring (bicyclic) bond motifs is 2. The standard InChI is InChI=1S/C15H20O4/c1-7-4-5-15-11(7)12-10(8(2)13(17)18-12)9(16)6-14(15,3)19-15/h4,8-12,16H,5-6H2,1-3H3/t8-,9-,10+,11+,12+,14+,15-/m0/s1. The van der Waals surface area contributed by atoms with Crippen molar-refractivity contribution in [1.82, 2.24) is 0 Å². The Morgan fingerprint density at radius 2 is 2.21 bits per heavy atom. The summed E-state index contributed by atoms with van der Waals surface area (Å²) in [6.45, 7) is 6.05. The molecule has 2 aliphatic heterocycles. The minimum atomic E-state index is -0.519. The molecule has 3 fully saturated rings. The molecule has 0 aromatic carbocycles. The maximum atomic E-state index is 11.9. The first-order valence-corrected chi connectivity index (χ1v) is 7.15. The van der Waals surface area contributed by atoms with Crippen LogP contribution in [0.2, 0.25) is 0 Å². The van der Waals surface area contributed by atoms with Gasteiger partial charge in [0.1, 0.15) is 11.7 Å². The summed E-state index contributed by atoms with van der Waals surface area (Å²) in [5.74, 6) is -0.364. The monoisotopic (exact) mass is 264 g/mol. The van der Waals surface area contributed by atoms with Crippen molar-refractivity contribution in [3.63, 3.8) is 0 Å². The van der Waals surface area contributed by atoms with Gasteiger partial charge in [-0.2, -0.15) is 0 Å². The zero-order valence-electron chi connectivity index (χ0n) is 11.6. The lowest BCUT2D eigenvalue weighted by atomic mass is 9.77. The molecular formula is C15H20O4. The van der Waals surface area contributed by atoms with Gasteiger partial charge in [-0.3, -0.25) is 4.79 Å². The second-order valence-corrected chi connectivity index (χ2v) is 6.89. The fourth-order valence-corrected chi connectivity index (χ4v) is 4.84. The third kappa shape index (κ3) is 1.20. The molecule has 0 amide bonds. The van der Waals surface area contributed by atoms with Crippen LogP contribution >= 0.6 is 0 Å². The Morgan fingerprint density at radius 1 is 1.47 bits per heavy atom. The Labute approximate surface area is 112 Å². The number of ether oxygens (including phenoxy) is 2. The van der Waals surface area contributed by atoms with Gasteiger partial charge in [-0.1, -0.05) is 18.6 Å². The summed E-state index contributed by atoms with van der Waals surface area (Å²) in [6, 6.07) is 0. The lowest BCUT2D eigenvalue weighted by Crippen LogP contribution is -2.39. The topological polar surface area (TPSA) is 59.1 Å². The minimum Gasteiger partial charge on any atom is -0.461 e. The zero-order valence-corrected chi connectivity index (χ0v) is 11.6. The molecule has 4 aliphatic rings. The number of aliphatic hydroxyl groups excluding tert-OH is 1. The van der Waals surface area contributed by atoms with Crippen molar-refractivity contribution in [2.75, 3.05) is 0 Å². The number of rotatable bonds is 0. The summed E-state index contributed by atoms with van der Waals surface area (Å²) >= 11 is 0. The van der Waals surface area contributed by atoms with Gasteiger partial charge in [-0.25, -0.2) is 0 Å². The summed E-state index contributed by atoms with van der Waals surface area (Å²) in [7, 11) is 0. The van der Waals surface area contributed by atoms with E-state index in [9.17, 15) is 9.90 Å². The van der Waals surface area contributed by atoms with Gasteiger partial charge < -0.3 is 14.6 Å². The average molecular weight is 264 g/mol. The molecule has 104 valence electrons. The molecule has 0 aromatic heterocycles. The van der Waals surface area contributed by atoms with Gasteiger partial charge in [0.05, 0.1) is 17.6 Å². The number of esters is 1. The molecule has 0 bridgehead atoms. The van der Waals surface area contributed by atoms with E-state index in [4.69, 9.17) is 9.47 Å². The largest absolute Gasteiger partial charge is 0.461 e. The fraction of sp³-hybridized carbons (Fsp3) is 0.800. The summed E-state index contributed by atoms with van der Waals surface area (Å²) in [6.07, 6.45) is 2.95. The molecule has 7 atom stereocenters. The molecule has 19 heavy (non-hydrogen) atoms. The summed E-state index contributed by atoms with van der Waals surface area (Å²) in [4.78, 5) is 11.9. The van der Waals surface area contributed by atoms with Crippen LogP contribution in [0.4, 0.5) is 0 Å². The van der Waals surface area contributed by atoms with Crippen LogP contribution in [0.3, 0.4) is 0 Å². The van der Waals surface area contributed by atoms with E-state index >= 15 is 0 Å². The maximum absolute atomic E-state index is 11.9. The Bertz CT molecular complexity index is 498. The average Bonchev–Trinajstić information content (AvgIpc) is 2.58. The molecule has 1 saturated carbocycles. The second-order valence-electron chi connectivity index (χ2n) is 6.89. The van der Waals surface area contributed by atoms with Gasteiger partial charge in [0.2, 0.25) is 0 Å². The predicted molar refractivity (Wildman–Crippen MR) is 67.2 cm³/mol. The SMILES string of the molecule is CC1=CC[C@@]23O[C@]2(C)C[C@H](O)[C@@H]2[C@@H](OC(=O)[C@H]2C)[C@@H]13. The zero-order chi connectivity index (χ0) is 13.6. The summed E-state index contributed by atoms with van der Waals surface area (Å²) in [5, 5.41) is 10.5. The molecule has 1 spiro atoms. The van der Waals surface area contributed by atoms with Crippen LogP contribution in [0.5, 0.6) is 0 Å². The van der Waals surface area contributed by atoms with Crippen molar-refractivity contribution < 1.29 is 19.4 Å². The van der Waals surface area contributed by atoms with E-state index in [0.717, 1.165) is 6.42 Å².